The molecule has 1 N–H and O–H groups in total. The second-order valence-corrected chi connectivity index (χ2v) is 4.88. The maximum absolute atomic E-state index is 11.4. The molecular formula is C14H21NO3. The topological polar surface area (TPSA) is 51.5 Å². The van der Waals surface area contributed by atoms with Gasteiger partial charge in [0, 0.05) is 0 Å². The van der Waals surface area contributed by atoms with Gasteiger partial charge in [0.15, 0.2) is 0 Å². The molecule has 0 radical (unpaired) electrons. The second kappa shape index (κ2) is 6.05. The molecule has 18 heavy (non-hydrogen) atoms. The van der Waals surface area contributed by atoms with Crippen molar-refractivity contribution in [3.8, 4) is 0 Å². The fraction of sp³-hybridized carbons (Fsp3) is 0.643. The first-order valence-electron chi connectivity index (χ1n) is 6.66. The Labute approximate surface area is 108 Å². The molecule has 1 atom stereocenters. The van der Waals surface area contributed by atoms with Crippen LogP contribution in [0.1, 0.15) is 55.0 Å². The van der Waals surface area contributed by atoms with Crippen LogP contribution in [0.5, 0.6) is 0 Å². The minimum atomic E-state index is -0.415. The number of furan rings is 1. The lowest BCUT2D eigenvalue weighted by Gasteiger charge is -2.15. The van der Waals surface area contributed by atoms with Gasteiger partial charge in [0.1, 0.15) is 5.76 Å². The monoisotopic (exact) mass is 251 g/mol. The molecule has 1 saturated carbocycles. The van der Waals surface area contributed by atoms with Gasteiger partial charge in [0.05, 0.1) is 13.2 Å². The zero-order valence-electron chi connectivity index (χ0n) is 11.1. The van der Waals surface area contributed by atoms with Crippen molar-refractivity contribution in [2.45, 2.75) is 38.6 Å². The number of ether oxygens (including phenoxy) is 1. The minimum absolute atomic E-state index is 0.218. The van der Waals surface area contributed by atoms with Gasteiger partial charge in [0.25, 0.3) is 0 Å². The van der Waals surface area contributed by atoms with Crippen molar-refractivity contribution in [1.82, 2.24) is 5.32 Å². The van der Waals surface area contributed by atoms with E-state index < -0.39 is 5.97 Å². The third kappa shape index (κ3) is 3.35. The number of esters is 1. The average Bonchev–Trinajstić information content (AvgIpc) is 3.07. The van der Waals surface area contributed by atoms with Crippen molar-refractivity contribution in [2.24, 2.45) is 5.92 Å². The lowest BCUT2D eigenvalue weighted by molar-refractivity contribution is 0.0561. The molecule has 0 aliphatic heterocycles. The third-order valence-electron chi connectivity index (χ3n) is 3.26. The fourth-order valence-electron chi connectivity index (χ4n) is 2.06. The third-order valence-corrected chi connectivity index (χ3v) is 3.26. The van der Waals surface area contributed by atoms with E-state index in [9.17, 15) is 4.79 Å². The highest BCUT2D eigenvalue weighted by atomic mass is 16.5. The van der Waals surface area contributed by atoms with E-state index in [4.69, 9.17) is 4.42 Å². The van der Waals surface area contributed by atoms with E-state index in [-0.39, 0.29) is 11.8 Å². The van der Waals surface area contributed by atoms with Gasteiger partial charge in [-0.15, -0.1) is 0 Å². The molecule has 0 spiro atoms. The molecular weight excluding hydrogens is 230 g/mol. The van der Waals surface area contributed by atoms with Crippen LogP contribution in [0.25, 0.3) is 0 Å². The molecule has 1 heterocycles. The van der Waals surface area contributed by atoms with Crippen LogP contribution in [0.15, 0.2) is 16.5 Å². The fourth-order valence-corrected chi connectivity index (χ4v) is 2.06. The molecule has 0 amide bonds. The molecule has 1 fully saturated rings. The molecule has 4 heteroatoms. The highest BCUT2D eigenvalue weighted by Gasteiger charge is 2.28. The van der Waals surface area contributed by atoms with Gasteiger partial charge in [-0.2, -0.15) is 0 Å². The van der Waals surface area contributed by atoms with Crippen LogP contribution in [-0.4, -0.2) is 19.6 Å². The summed E-state index contributed by atoms with van der Waals surface area (Å²) in [5.74, 6) is 1.52. The highest BCUT2D eigenvalue weighted by Crippen LogP contribution is 2.38. The molecule has 4 nitrogen and oxygen atoms in total. The number of carbonyl (C=O) groups excluding carboxylic acids is 1. The highest BCUT2D eigenvalue weighted by molar-refractivity contribution is 5.86. The molecule has 1 unspecified atom stereocenters. The van der Waals surface area contributed by atoms with E-state index in [1.165, 1.54) is 20.0 Å². The van der Waals surface area contributed by atoms with Gasteiger partial charge >= 0.3 is 5.97 Å². The van der Waals surface area contributed by atoms with Crippen LogP contribution in [-0.2, 0) is 4.74 Å². The van der Waals surface area contributed by atoms with E-state index in [0.717, 1.165) is 31.1 Å². The molecule has 0 bridgehead atoms. The van der Waals surface area contributed by atoms with Crippen molar-refractivity contribution in [3.05, 3.63) is 23.7 Å². The van der Waals surface area contributed by atoms with E-state index in [1.807, 2.05) is 6.07 Å². The predicted molar refractivity (Wildman–Crippen MR) is 68.4 cm³/mol. The molecule has 1 aromatic heterocycles. The quantitative estimate of drug-likeness (QED) is 0.757. The zero-order valence-corrected chi connectivity index (χ0v) is 11.1. The second-order valence-electron chi connectivity index (χ2n) is 4.88. The number of hydrogen-bond donors (Lipinski definition) is 1. The summed E-state index contributed by atoms with van der Waals surface area (Å²) in [4.78, 5) is 11.4. The number of nitrogens with one attached hydrogen (secondary N) is 1. The van der Waals surface area contributed by atoms with Gasteiger partial charge in [-0.25, -0.2) is 4.79 Å². The summed E-state index contributed by atoms with van der Waals surface area (Å²) in [5.41, 5.74) is 0. The van der Waals surface area contributed by atoms with E-state index in [0.29, 0.717) is 0 Å². The molecule has 1 aliphatic rings. The summed E-state index contributed by atoms with van der Waals surface area (Å²) in [7, 11) is 1.36. The van der Waals surface area contributed by atoms with E-state index in [1.54, 1.807) is 6.07 Å². The zero-order chi connectivity index (χ0) is 13.0. The predicted octanol–water partition coefficient (Wildman–Crippen LogP) is 2.91. The van der Waals surface area contributed by atoms with Gasteiger partial charge in [-0.1, -0.05) is 19.8 Å². The lowest BCUT2D eigenvalue weighted by atomic mass is 10.1. The van der Waals surface area contributed by atoms with Crippen molar-refractivity contribution in [1.29, 1.82) is 0 Å². The lowest BCUT2D eigenvalue weighted by Crippen LogP contribution is -2.22. The number of methoxy groups -OCH3 is 1. The Hall–Kier alpha value is -1.29. The average molecular weight is 251 g/mol. The smallest absolute Gasteiger partial charge is 0.373 e. The molecule has 2 rings (SSSR count). The molecule has 1 aliphatic carbocycles. The maximum atomic E-state index is 11.4. The Kier molecular flexibility index (Phi) is 4.42. The van der Waals surface area contributed by atoms with Gasteiger partial charge in [0.2, 0.25) is 5.76 Å². The molecule has 0 saturated heterocycles. The first-order valence-corrected chi connectivity index (χ1v) is 6.66. The van der Waals surface area contributed by atoms with Crippen molar-refractivity contribution >= 4 is 5.97 Å². The standard InChI is InChI=1S/C14H21NO3/c1-3-8-15-11(9-10-4-5-10)12-6-7-13(18-12)14(16)17-2/h6-7,10-11,15H,3-5,8-9H2,1-2H3. The summed E-state index contributed by atoms with van der Waals surface area (Å²) in [6, 6.07) is 3.78. The van der Waals surface area contributed by atoms with Crippen molar-refractivity contribution < 1.29 is 13.9 Å². The summed E-state index contributed by atoms with van der Waals surface area (Å²) in [6.45, 7) is 3.11. The first-order chi connectivity index (χ1) is 8.74. The number of carbonyl (C=O) groups is 1. The first kappa shape index (κ1) is 13.1. The SMILES string of the molecule is CCCNC(CC1CC1)c1ccc(C(=O)OC)o1. The van der Waals surface area contributed by atoms with E-state index >= 15 is 0 Å². The summed E-state index contributed by atoms with van der Waals surface area (Å²) in [5, 5.41) is 3.48. The molecule has 100 valence electrons. The van der Waals surface area contributed by atoms with Gasteiger partial charge in [-0.05, 0) is 37.4 Å². The number of hydrogen-bond acceptors (Lipinski definition) is 4. The largest absolute Gasteiger partial charge is 0.463 e. The van der Waals surface area contributed by atoms with Crippen LogP contribution in [0.3, 0.4) is 0 Å². The van der Waals surface area contributed by atoms with Crippen LogP contribution >= 0.6 is 0 Å². The summed E-state index contributed by atoms with van der Waals surface area (Å²) < 4.78 is 10.2. The Morgan fingerprint density at radius 3 is 2.94 bits per heavy atom. The Morgan fingerprint density at radius 1 is 1.56 bits per heavy atom. The van der Waals surface area contributed by atoms with Crippen LogP contribution < -0.4 is 5.32 Å². The van der Waals surface area contributed by atoms with Crippen molar-refractivity contribution in [3.63, 3.8) is 0 Å². The van der Waals surface area contributed by atoms with Crippen molar-refractivity contribution in [2.75, 3.05) is 13.7 Å². The molecule has 1 aromatic rings. The Morgan fingerprint density at radius 2 is 2.33 bits per heavy atom. The number of rotatable bonds is 7. The Balaban J connectivity index is 2.03. The van der Waals surface area contributed by atoms with Gasteiger partial charge < -0.3 is 14.5 Å². The maximum Gasteiger partial charge on any atom is 0.373 e. The van der Waals surface area contributed by atoms with Crippen LogP contribution in [0.4, 0.5) is 0 Å². The molecule has 0 aromatic carbocycles. The van der Waals surface area contributed by atoms with Crippen LogP contribution in [0.2, 0.25) is 0 Å². The van der Waals surface area contributed by atoms with Crippen LogP contribution in [0, 0.1) is 5.92 Å². The Bertz CT molecular complexity index is 395. The van der Waals surface area contributed by atoms with E-state index in [2.05, 4.69) is 17.0 Å². The van der Waals surface area contributed by atoms with Gasteiger partial charge in [-0.3, -0.25) is 0 Å². The normalized spacial score (nSPS) is 16.6. The summed E-state index contributed by atoms with van der Waals surface area (Å²) >= 11 is 0. The summed E-state index contributed by atoms with van der Waals surface area (Å²) in [6.07, 6.45) is 4.81. The minimum Gasteiger partial charge on any atom is -0.463 e.